The van der Waals surface area contributed by atoms with Crippen molar-refractivity contribution in [1.82, 2.24) is 10.2 Å². The molecule has 1 unspecified atom stereocenters. The van der Waals surface area contributed by atoms with Gasteiger partial charge in [0, 0.05) is 11.3 Å². The van der Waals surface area contributed by atoms with Gasteiger partial charge in [0.1, 0.15) is 0 Å². The number of carbonyl (C=O) groups excluding carboxylic acids is 3. The van der Waals surface area contributed by atoms with E-state index in [1.807, 2.05) is 0 Å². The first kappa shape index (κ1) is 18.0. The second-order valence-corrected chi connectivity index (χ2v) is 6.73. The number of carbonyl (C=O) groups is 3. The Hall–Kier alpha value is -3.36. The van der Waals surface area contributed by atoms with E-state index in [4.69, 9.17) is 0 Å². The third-order valence-corrected chi connectivity index (χ3v) is 4.92. The summed E-state index contributed by atoms with van der Waals surface area (Å²) >= 11 is 0. The monoisotopic (exact) mass is 389 g/mol. The Bertz CT molecular complexity index is 1030. The van der Waals surface area contributed by atoms with Crippen LogP contribution in [0.15, 0.2) is 42.5 Å². The number of halogens is 3. The Morgan fingerprint density at radius 2 is 1.79 bits per heavy atom. The van der Waals surface area contributed by atoms with Crippen LogP contribution in [0.5, 0.6) is 0 Å². The Labute approximate surface area is 157 Å². The summed E-state index contributed by atoms with van der Waals surface area (Å²) in [6, 6.07) is 8.70. The van der Waals surface area contributed by atoms with Crippen molar-refractivity contribution in [3.8, 4) is 0 Å². The number of alkyl halides is 3. The molecule has 1 atom stereocenters. The minimum absolute atomic E-state index is 0.238. The molecule has 0 bridgehead atoms. The van der Waals surface area contributed by atoms with Crippen LogP contribution >= 0.6 is 0 Å². The number of hydrogen-bond acceptors (Lipinski definition) is 3. The summed E-state index contributed by atoms with van der Waals surface area (Å²) in [7, 11) is 0. The molecule has 2 aliphatic heterocycles. The molecule has 1 spiro atoms. The van der Waals surface area contributed by atoms with Crippen LogP contribution in [-0.2, 0) is 27.8 Å². The summed E-state index contributed by atoms with van der Waals surface area (Å²) in [6.07, 6.45) is -4.64. The van der Waals surface area contributed by atoms with Gasteiger partial charge < -0.3 is 10.6 Å². The van der Waals surface area contributed by atoms with E-state index in [1.54, 1.807) is 25.1 Å². The highest BCUT2D eigenvalue weighted by Crippen LogP contribution is 2.41. The molecule has 0 saturated carbocycles. The van der Waals surface area contributed by atoms with E-state index >= 15 is 0 Å². The lowest BCUT2D eigenvalue weighted by Gasteiger charge is -2.20. The third kappa shape index (κ3) is 2.46. The second-order valence-electron chi connectivity index (χ2n) is 6.73. The Morgan fingerprint density at radius 1 is 1.07 bits per heavy atom. The van der Waals surface area contributed by atoms with Crippen molar-refractivity contribution in [2.24, 2.45) is 0 Å². The number of hydrogen-bond donors (Lipinski definition) is 2. The second kappa shape index (κ2) is 5.82. The molecule has 2 aliphatic rings. The lowest BCUT2D eigenvalue weighted by atomic mass is 9.90. The lowest BCUT2D eigenvalue weighted by molar-refractivity contribution is -0.141. The number of anilines is 1. The van der Waals surface area contributed by atoms with E-state index in [1.165, 1.54) is 18.2 Å². The maximum absolute atomic E-state index is 13.2. The van der Waals surface area contributed by atoms with Crippen LogP contribution in [0.3, 0.4) is 0 Å². The number of nitrogens with one attached hydrogen (secondary N) is 2. The van der Waals surface area contributed by atoms with Crippen molar-refractivity contribution < 1.29 is 27.6 Å². The fourth-order valence-electron chi connectivity index (χ4n) is 3.58. The van der Waals surface area contributed by atoms with Crippen molar-refractivity contribution >= 4 is 23.5 Å². The average molecular weight is 389 g/mol. The molecule has 9 heteroatoms. The van der Waals surface area contributed by atoms with Gasteiger partial charge in [0.2, 0.25) is 5.54 Å². The molecule has 6 nitrogen and oxygen atoms in total. The summed E-state index contributed by atoms with van der Waals surface area (Å²) in [6.45, 7) is 1.16. The van der Waals surface area contributed by atoms with Gasteiger partial charge in [-0.2, -0.15) is 13.2 Å². The maximum atomic E-state index is 13.2. The number of fused-ring (bicyclic) bond motifs is 2. The fourth-order valence-corrected chi connectivity index (χ4v) is 3.58. The van der Waals surface area contributed by atoms with E-state index in [-0.39, 0.29) is 11.1 Å². The smallest absolute Gasteiger partial charge is 0.323 e. The van der Waals surface area contributed by atoms with Gasteiger partial charge in [-0.3, -0.25) is 14.5 Å². The van der Waals surface area contributed by atoms with Gasteiger partial charge in [-0.25, -0.2) is 4.79 Å². The van der Waals surface area contributed by atoms with Gasteiger partial charge in [0.25, 0.3) is 11.8 Å². The quantitative estimate of drug-likeness (QED) is 0.612. The van der Waals surface area contributed by atoms with Crippen LogP contribution in [-0.4, -0.2) is 22.7 Å². The van der Waals surface area contributed by atoms with Crippen molar-refractivity contribution in [2.75, 3.05) is 5.32 Å². The summed E-state index contributed by atoms with van der Waals surface area (Å²) < 4.78 is 39.7. The molecule has 4 rings (SSSR count). The molecule has 2 heterocycles. The number of imide groups is 1. The molecular formula is C19H14F3N3O3. The molecule has 0 aliphatic carbocycles. The van der Waals surface area contributed by atoms with Crippen LogP contribution in [0.2, 0.25) is 0 Å². The number of benzene rings is 2. The predicted molar refractivity (Wildman–Crippen MR) is 92.0 cm³/mol. The van der Waals surface area contributed by atoms with E-state index in [9.17, 15) is 27.6 Å². The Morgan fingerprint density at radius 3 is 2.50 bits per heavy atom. The van der Waals surface area contributed by atoms with Crippen LogP contribution < -0.4 is 10.6 Å². The zero-order valence-corrected chi connectivity index (χ0v) is 14.6. The van der Waals surface area contributed by atoms with Gasteiger partial charge in [-0.05, 0) is 24.6 Å². The van der Waals surface area contributed by atoms with Crippen molar-refractivity contribution in [3.63, 3.8) is 0 Å². The van der Waals surface area contributed by atoms with Crippen molar-refractivity contribution in [1.29, 1.82) is 0 Å². The zero-order valence-electron chi connectivity index (χ0n) is 14.6. The van der Waals surface area contributed by atoms with Crippen LogP contribution in [0.4, 0.5) is 23.7 Å². The van der Waals surface area contributed by atoms with Gasteiger partial charge >= 0.3 is 12.2 Å². The number of urea groups is 1. The average Bonchev–Trinajstić information content (AvgIpc) is 3.04. The van der Waals surface area contributed by atoms with E-state index in [2.05, 4.69) is 10.6 Å². The van der Waals surface area contributed by atoms with Crippen LogP contribution in [0.1, 0.15) is 22.3 Å². The molecule has 28 heavy (non-hydrogen) atoms. The molecule has 2 N–H and O–H groups in total. The fraction of sp³-hybridized carbons (Fsp3) is 0.211. The molecular weight excluding hydrogens is 375 g/mol. The minimum atomic E-state index is -4.64. The maximum Gasteiger partial charge on any atom is 0.416 e. The predicted octanol–water partition coefficient (Wildman–Crippen LogP) is 2.91. The number of rotatable bonds is 2. The molecule has 0 aromatic heterocycles. The number of nitrogens with zero attached hydrogens (tertiary/aromatic N) is 1. The SMILES string of the molecule is Cc1ccc2c(c1)C1(NC(=O)N(Cc3ccccc3C(F)(F)F)C1=O)C(=O)N2. The Balaban J connectivity index is 1.75. The lowest BCUT2D eigenvalue weighted by Crippen LogP contribution is -2.49. The highest BCUT2D eigenvalue weighted by atomic mass is 19.4. The molecule has 2 aromatic carbocycles. The van der Waals surface area contributed by atoms with Gasteiger partial charge in [0.15, 0.2) is 0 Å². The highest BCUT2D eigenvalue weighted by Gasteiger charge is 2.61. The summed E-state index contributed by atoms with van der Waals surface area (Å²) in [5.41, 5.74) is -1.73. The first-order chi connectivity index (χ1) is 13.1. The molecule has 2 aromatic rings. The van der Waals surface area contributed by atoms with Gasteiger partial charge in [-0.15, -0.1) is 0 Å². The minimum Gasteiger partial charge on any atom is -0.323 e. The van der Waals surface area contributed by atoms with Crippen molar-refractivity contribution in [3.05, 3.63) is 64.7 Å². The van der Waals surface area contributed by atoms with E-state index in [0.717, 1.165) is 11.6 Å². The molecule has 1 fully saturated rings. The van der Waals surface area contributed by atoms with Crippen LogP contribution in [0, 0.1) is 6.92 Å². The standard InChI is InChI=1S/C19H14F3N3O3/c1-10-6-7-14-13(8-10)18(15(26)23-14)16(27)25(17(28)24-18)9-11-4-2-3-5-12(11)19(20,21)22/h2-8H,9H2,1H3,(H,23,26)(H,24,28). The first-order valence-corrected chi connectivity index (χ1v) is 8.36. The van der Waals surface area contributed by atoms with Crippen molar-refractivity contribution in [2.45, 2.75) is 25.2 Å². The topological polar surface area (TPSA) is 78.5 Å². The third-order valence-electron chi connectivity index (χ3n) is 4.92. The molecule has 0 radical (unpaired) electrons. The van der Waals surface area contributed by atoms with Gasteiger partial charge in [0.05, 0.1) is 12.1 Å². The first-order valence-electron chi connectivity index (χ1n) is 8.36. The number of amides is 4. The molecule has 4 amide bonds. The summed E-state index contributed by atoms with van der Waals surface area (Å²) in [5.74, 6) is -1.64. The van der Waals surface area contributed by atoms with Gasteiger partial charge in [-0.1, -0.05) is 35.9 Å². The number of aryl methyl sites for hydroxylation is 1. The summed E-state index contributed by atoms with van der Waals surface area (Å²) in [4.78, 5) is 38.8. The normalized spacial score (nSPS) is 21.1. The summed E-state index contributed by atoms with van der Waals surface area (Å²) in [5, 5.41) is 4.93. The Kier molecular flexibility index (Phi) is 3.74. The van der Waals surface area contributed by atoms with E-state index < -0.39 is 41.7 Å². The van der Waals surface area contributed by atoms with Crippen LogP contribution in [0.25, 0.3) is 0 Å². The zero-order chi connectivity index (χ0) is 20.3. The van der Waals surface area contributed by atoms with E-state index in [0.29, 0.717) is 10.6 Å². The molecule has 1 saturated heterocycles. The largest absolute Gasteiger partial charge is 0.416 e. The molecule has 144 valence electrons. The highest BCUT2D eigenvalue weighted by molar-refractivity contribution is 6.26.